The molecule has 1 fully saturated rings. The van der Waals surface area contributed by atoms with Gasteiger partial charge < -0.3 is 5.32 Å². The molecular weight excluding hydrogens is 290 g/mol. The zero-order chi connectivity index (χ0) is 13.2. The summed E-state index contributed by atoms with van der Waals surface area (Å²) in [6.07, 6.45) is 1.51. The van der Waals surface area contributed by atoms with E-state index in [0.29, 0.717) is 18.1 Å². The second kappa shape index (κ2) is 5.54. The minimum absolute atomic E-state index is 0.164. The number of nitrogens with one attached hydrogen (secondary N) is 1. The highest BCUT2D eigenvalue weighted by Gasteiger charge is 2.42. The molecule has 2 nitrogen and oxygen atoms in total. The molecule has 0 saturated carbocycles. The molecule has 2 rings (SSSR count). The van der Waals surface area contributed by atoms with Crippen molar-refractivity contribution in [2.75, 3.05) is 13.1 Å². The fourth-order valence-corrected chi connectivity index (χ4v) is 3.22. The lowest BCUT2D eigenvalue weighted by Gasteiger charge is -2.31. The van der Waals surface area contributed by atoms with Crippen LogP contribution in [-0.4, -0.2) is 18.9 Å². The molecule has 0 bridgehead atoms. The lowest BCUT2D eigenvalue weighted by atomic mass is 9.71. The van der Waals surface area contributed by atoms with E-state index in [2.05, 4.69) is 35.1 Å². The Bertz CT molecular complexity index is 436. The largest absolute Gasteiger partial charge is 0.316 e. The highest BCUT2D eigenvalue weighted by atomic mass is 79.9. The van der Waals surface area contributed by atoms with Crippen molar-refractivity contribution in [2.45, 2.75) is 26.7 Å². The third-order valence-electron chi connectivity index (χ3n) is 4.10. The summed E-state index contributed by atoms with van der Waals surface area (Å²) in [6.45, 7) is 6.11. The topological polar surface area (TPSA) is 29.1 Å². The monoisotopic (exact) mass is 309 g/mol. The summed E-state index contributed by atoms with van der Waals surface area (Å²) < 4.78 is 1.04. The van der Waals surface area contributed by atoms with E-state index in [0.717, 1.165) is 29.5 Å². The van der Waals surface area contributed by atoms with E-state index in [1.54, 1.807) is 0 Å². The molecule has 98 valence electrons. The number of hydrogen-bond donors (Lipinski definition) is 1. The number of rotatable bonds is 4. The number of halogens is 1. The first kappa shape index (κ1) is 13.8. The second-order valence-electron chi connectivity index (χ2n) is 5.47. The van der Waals surface area contributed by atoms with Crippen LogP contribution >= 0.6 is 15.9 Å². The molecule has 1 unspecified atom stereocenters. The molecule has 1 atom stereocenters. The molecule has 1 N–H and O–H groups in total. The molecule has 0 radical (unpaired) electrons. The zero-order valence-corrected chi connectivity index (χ0v) is 12.6. The second-order valence-corrected chi connectivity index (χ2v) is 6.38. The van der Waals surface area contributed by atoms with Crippen LogP contribution in [0.1, 0.15) is 25.8 Å². The van der Waals surface area contributed by atoms with Gasteiger partial charge in [0.1, 0.15) is 5.78 Å². The fraction of sp³-hybridized carbons (Fsp3) is 0.533. The van der Waals surface area contributed by atoms with Gasteiger partial charge in [-0.05, 0) is 36.6 Å². The first-order chi connectivity index (χ1) is 8.54. The standard InChI is InChI=1S/C15H20BrNO/c1-11(2)15(6-7-17-10-15)14(18)9-12-4-3-5-13(16)8-12/h3-5,8,11,17H,6-7,9-10H2,1-2H3. The number of Topliss-reactive ketones (excluding diaryl/α,β-unsaturated/α-hetero) is 1. The maximum absolute atomic E-state index is 12.6. The summed E-state index contributed by atoms with van der Waals surface area (Å²) in [4.78, 5) is 12.6. The summed E-state index contributed by atoms with van der Waals surface area (Å²) in [6, 6.07) is 8.04. The molecule has 1 aromatic rings. The quantitative estimate of drug-likeness (QED) is 0.925. The third kappa shape index (κ3) is 2.67. The lowest BCUT2D eigenvalue weighted by molar-refractivity contribution is -0.129. The van der Waals surface area contributed by atoms with E-state index in [9.17, 15) is 4.79 Å². The van der Waals surface area contributed by atoms with Gasteiger partial charge in [-0.3, -0.25) is 4.79 Å². The Morgan fingerprint density at radius 3 is 2.83 bits per heavy atom. The van der Waals surface area contributed by atoms with Crippen molar-refractivity contribution in [3.63, 3.8) is 0 Å². The molecule has 1 aliphatic rings. The van der Waals surface area contributed by atoms with E-state index < -0.39 is 0 Å². The smallest absolute Gasteiger partial charge is 0.144 e. The first-order valence-corrected chi connectivity index (χ1v) is 7.32. The van der Waals surface area contributed by atoms with Crippen LogP contribution in [0.25, 0.3) is 0 Å². The number of ketones is 1. The number of carbonyl (C=O) groups is 1. The minimum atomic E-state index is -0.164. The van der Waals surface area contributed by atoms with Gasteiger partial charge in [0.2, 0.25) is 0 Å². The van der Waals surface area contributed by atoms with Gasteiger partial charge in [0.25, 0.3) is 0 Å². The highest BCUT2D eigenvalue weighted by Crippen LogP contribution is 2.36. The zero-order valence-electron chi connectivity index (χ0n) is 11.0. The highest BCUT2D eigenvalue weighted by molar-refractivity contribution is 9.10. The van der Waals surface area contributed by atoms with Crippen molar-refractivity contribution in [1.82, 2.24) is 5.32 Å². The van der Waals surface area contributed by atoms with Crippen molar-refractivity contribution in [3.8, 4) is 0 Å². The normalized spacial score (nSPS) is 23.6. The van der Waals surface area contributed by atoms with Crippen LogP contribution in [0.2, 0.25) is 0 Å². The molecule has 0 spiro atoms. The summed E-state index contributed by atoms with van der Waals surface area (Å²) in [7, 11) is 0. The lowest BCUT2D eigenvalue weighted by Crippen LogP contribution is -2.39. The van der Waals surface area contributed by atoms with Crippen LogP contribution in [0.3, 0.4) is 0 Å². The SMILES string of the molecule is CC(C)C1(C(=O)Cc2cccc(Br)c2)CCNC1. The van der Waals surface area contributed by atoms with E-state index in [1.807, 2.05) is 24.3 Å². The van der Waals surface area contributed by atoms with Gasteiger partial charge in [0.15, 0.2) is 0 Å². The number of benzene rings is 1. The third-order valence-corrected chi connectivity index (χ3v) is 4.60. The van der Waals surface area contributed by atoms with Crippen LogP contribution in [0, 0.1) is 11.3 Å². The fourth-order valence-electron chi connectivity index (χ4n) is 2.77. The Morgan fingerprint density at radius 2 is 2.28 bits per heavy atom. The van der Waals surface area contributed by atoms with Gasteiger partial charge in [-0.2, -0.15) is 0 Å². The van der Waals surface area contributed by atoms with Crippen molar-refractivity contribution in [1.29, 1.82) is 0 Å². The van der Waals surface area contributed by atoms with Crippen LogP contribution in [0.4, 0.5) is 0 Å². The van der Waals surface area contributed by atoms with Gasteiger partial charge >= 0.3 is 0 Å². The molecule has 0 aliphatic carbocycles. The molecule has 3 heteroatoms. The maximum Gasteiger partial charge on any atom is 0.144 e. The van der Waals surface area contributed by atoms with E-state index in [-0.39, 0.29) is 5.41 Å². The van der Waals surface area contributed by atoms with Gasteiger partial charge in [-0.1, -0.05) is 41.9 Å². The van der Waals surface area contributed by atoms with Crippen LogP contribution < -0.4 is 5.32 Å². The average Bonchev–Trinajstić information content (AvgIpc) is 2.79. The first-order valence-electron chi connectivity index (χ1n) is 6.53. The van der Waals surface area contributed by atoms with Gasteiger partial charge in [0.05, 0.1) is 0 Å². The minimum Gasteiger partial charge on any atom is -0.316 e. The maximum atomic E-state index is 12.6. The molecule has 1 aromatic carbocycles. The molecule has 0 aromatic heterocycles. The van der Waals surface area contributed by atoms with Crippen molar-refractivity contribution >= 4 is 21.7 Å². The summed E-state index contributed by atoms with van der Waals surface area (Å²) >= 11 is 3.45. The van der Waals surface area contributed by atoms with E-state index >= 15 is 0 Å². The Hall–Kier alpha value is -0.670. The summed E-state index contributed by atoms with van der Waals surface area (Å²) in [5.74, 6) is 0.771. The molecule has 0 amide bonds. The number of hydrogen-bond acceptors (Lipinski definition) is 2. The Labute approximate surface area is 117 Å². The Morgan fingerprint density at radius 1 is 1.50 bits per heavy atom. The molecule has 1 saturated heterocycles. The predicted molar refractivity (Wildman–Crippen MR) is 77.6 cm³/mol. The summed E-state index contributed by atoms with van der Waals surface area (Å²) in [5.41, 5.74) is 0.934. The van der Waals surface area contributed by atoms with E-state index in [4.69, 9.17) is 0 Å². The molecular formula is C15H20BrNO. The van der Waals surface area contributed by atoms with Crippen molar-refractivity contribution in [3.05, 3.63) is 34.3 Å². The average molecular weight is 310 g/mol. The number of carbonyl (C=O) groups excluding carboxylic acids is 1. The Balaban J connectivity index is 2.16. The van der Waals surface area contributed by atoms with Gasteiger partial charge in [-0.15, -0.1) is 0 Å². The van der Waals surface area contributed by atoms with Crippen LogP contribution in [-0.2, 0) is 11.2 Å². The molecule has 1 heterocycles. The van der Waals surface area contributed by atoms with Crippen molar-refractivity contribution in [2.24, 2.45) is 11.3 Å². The van der Waals surface area contributed by atoms with Crippen molar-refractivity contribution < 1.29 is 4.79 Å². The summed E-state index contributed by atoms with van der Waals surface area (Å²) in [5, 5.41) is 3.34. The predicted octanol–water partition coefficient (Wildman–Crippen LogP) is 3.20. The van der Waals surface area contributed by atoms with E-state index in [1.165, 1.54) is 0 Å². The van der Waals surface area contributed by atoms with Crippen LogP contribution in [0.15, 0.2) is 28.7 Å². The van der Waals surface area contributed by atoms with Gasteiger partial charge in [-0.25, -0.2) is 0 Å². The van der Waals surface area contributed by atoms with Crippen LogP contribution in [0.5, 0.6) is 0 Å². The van der Waals surface area contributed by atoms with Gasteiger partial charge in [0, 0.05) is 22.9 Å². The Kier molecular flexibility index (Phi) is 4.23. The molecule has 1 aliphatic heterocycles. The molecule has 18 heavy (non-hydrogen) atoms.